The second-order valence-electron chi connectivity index (χ2n) is 17.1. The molecule has 0 bridgehead atoms. The molecule has 2 aliphatic carbocycles. The Kier molecular flexibility index (Phi) is 16.1. The molecule has 5 heterocycles. The molecule has 18 nitrogen and oxygen atoms in total. The van der Waals surface area contributed by atoms with E-state index in [0.717, 1.165) is 99.4 Å². The van der Waals surface area contributed by atoms with Crippen molar-refractivity contribution < 1.29 is 28.7 Å². The zero-order chi connectivity index (χ0) is 45.2. The lowest BCUT2D eigenvalue weighted by molar-refractivity contribution is -0.126. The van der Waals surface area contributed by atoms with Gasteiger partial charge in [0.25, 0.3) is 5.56 Å². The SMILES string of the molecule is CC(=O)c1c(C)c2c(n(C3CCCC3)c1=O)NC(Nc1ccc(N3CCN(CC(=O)NCCOCCOCCC(=O)NC4CCCCC4C(=O)Nc4nc(C)c(C)s4)CC3)cn1)=NC2. The van der Waals surface area contributed by atoms with Crippen LogP contribution in [0.15, 0.2) is 28.1 Å². The number of carbonyl (C=O) groups is 4. The van der Waals surface area contributed by atoms with Crippen molar-refractivity contribution in [2.24, 2.45) is 10.9 Å². The molecule has 3 amide bonds. The van der Waals surface area contributed by atoms with E-state index in [1.807, 2.05) is 39.1 Å². The number of carbonyl (C=O) groups excluding carboxylic acids is 4. The number of ether oxygens (including phenoxy) is 2. The minimum Gasteiger partial charge on any atom is -0.379 e. The normalized spacial score (nSPS) is 19.1. The monoisotopic (exact) mass is 901 g/mol. The molecule has 7 rings (SSSR count). The Labute approximate surface area is 378 Å². The lowest BCUT2D eigenvalue weighted by Crippen LogP contribution is -2.49. The summed E-state index contributed by atoms with van der Waals surface area (Å²) in [5.74, 6) is 1.03. The van der Waals surface area contributed by atoms with E-state index in [-0.39, 0.29) is 65.7 Å². The molecule has 2 aliphatic heterocycles. The zero-order valence-corrected chi connectivity index (χ0v) is 38.4. The largest absolute Gasteiger partial charge is 0.379 e. The number of fused-ring (bicyclic) bond motifs is 1. The third-order valence-electron chi connectivity index (χ3n) is 12.7. The van der Waals surface area contributed by atoms with Crippen LogP contribution in [0.2, 0.25) is 0 Å². The molecular formula is C45H63N11O7S. The predicted octanol–water partition coefficient (Wildman–Crippen LogP) is 4.31. The van der Waals surface area contributed by atoms with Crippen LogP contribution >= 0.6 is 11.3 Å². The third kappa shape index (κ3) is 11.9. The molecule has 1 saturated heterocycles. The maximum absolute atomic E-state index is 13.6. The molecule has 0 aromatic carbocycles. The van der Waals surface area contributed by atoms with Crippen LogP contribution in [-0.4, -0.2) is 121 Å². The van der Waals surface area contributed by atoms with Gasteiger partial charge < -0.3 is 41.0 Å². The van der Waals surface area contributed by atoms with Crippen LogP contribution in [0.5, 0.6) is 0 Å². The molecule has 64 heavy (non-hydrogen) atoms. The number of piperazine rings is 1. The van der Waals surface area contributed by atoms with E-state index < -0.39 is 0 Å². The molecule has 0 radical (unpaired) electrons. The number of ketones is 1. The van der Waals surface area contributed by atoms with Gasteiger partial charge in [0.15, 0.2) is 10.9 Å². The molecule has 3 aromatic rings. The van der Waals surface area contributed by atoms with E-state index in [4.69, 9.17) is 14.5 Å². The van der Waals surface area contributed by atoms with E-state index in [1.54, 1.807) is 4.57 Å². The van der Waals surface area contributed by atoms with Gasteiger partial charge in [-0.25, -0.2) is 15.0 Å². The minimum atomic E-state index is -0.288. The standard InChI is InChI=1S/C45H63N11O7S/c1-28-35-26-48-44(52-41(35)56(32-9-5-6-10-32)43(61)40(28)30(3)57)51-37-14-13-33(25-47-37)55-19-17-54(18-20-55)27-39(59)46-16-22-63-24-23-62-21-15-38(58)50-36-12-8-7-11-34(36)42(60)53-45-49-29(2)31(4)64-45/h13-14,25,32,34,36H,5-12,15-24,26-27H2,1-4H3,(H,46,59)(H,50,58)(H,49,53,60)(H2,47,48,51,52). The van der Waals surface area contributed by atoms with Crippen molar-refractivity contribution in [3.05, 3.63) is 55.9 Å². The van der Waals surface area contributed by atoms with Gasteiger partial charge in [-0.15, -0.1) is 11.3 Å². The van der Waals surface area contributed by atoms with E-state index in [9.17, 15) is 24.0 Å². The van der Waals surface area contributed by atoms with Gasteiger partial charge in [0.05, 0.1) is 68.6 Å². The smallest absolute Gasteiger partial charge is 0.263 e. The molecule has 4 aliphatic rings. The van der Waals surface area contributed by atoms with Crippen LogP contribution in [0.3, 0.4) is 0 Å². The summed E-state index contributed by atoms with van der Waals surface area (Å²) >= 11 is 1.46. The fourth-order valence-corrected chi connectivity index (χ4v) is 9.87. The summed E-state index contributed by atoms with van der Waals surface area (Å²) in [6, 6.07) is 3.75. The van der Waals surface area contributed by atoms with Crippen molar-refractivity contribution in [2.45, 2.75) is 104 Å². The van der Waals surface area contributed by atoms with Gasteiger partial charge >= 0.3 is 0 Å². The number of Topliss-reactive ketones (excluding diaryl/α,β-unsaturated/α-hetero) is 1. The van der Waals surface area contributed by atoms with Crippen LogP contribution in [0.1, 0.15) is 103 Å². The average molecular weight is 902 g/mol. The van der Waals surface area contributed by atoms with E-state index in [0.29, 0.717) is 67.7 Å². The molecule has 3 aromatic heterocycles. The van der Waals surface area contributed by atoms with Crippen LogP contribution in [0, 0.1) is 26.7 Å². The summed E-state index contributed by atoms with van der Waals surface area (Å²) in [5, 5.41) is 16.1. The maximum Gasteiger partial charge on any atom is 0.263 e. The Morgan fingerprint density at radius 1 is 0.906 bits per heavy atom. The van der Waals surface area contributed by atoms with Crippen molar-refractivity contribution in [1.82, 2.24) is 30.1 Å². The zero-order valence-electron chi connectivity index (χ0n) is 37.6. The number of aromatic nitrogens is 3. The summed E-state index contributed by atoms with van der Waals surface area (Å²) < 4.78 is 13.0. The lowest BCUT2D eigenvalue weighted by atomic mass is 9.83. The highest BCUT2D eigenvalue weighted by molar-refractivity contribution is 7.15. The Morgan fingerprint density at radius 2 is 1.64 bits per heavy atom. The van der Waals surface area contributed by atoms with Crippen LogP contribution in [0.25, 0.3) is 0 Å². The number of aryl methyl sites for hydroxylation is 2. The van der Waals surface area contributed by atoms with Gasteiger partial charge in [-0.2, -0.15) is 0 Å². The molecule has 5 N–H and O–H groups in total. The molecule has 3 fully saturated rings. The van der Waals surface area contributed by atoms with E-state index in [2.05, 4.69) is 46.4 Å². The topological polar surface area (TPSA) is 214 Å². The van der Waals surface area contributed by atoms with Gasteiger partial charge in [-0.1, -0.05) is 25.7 Å². The number of aliphatic imine (C=N–C) groups is 1. The summed E-state index contributed by atoms with van der Waals surface area (Å²) in [5.41, 5.74) is 3.47. The average Bonchev–Trinajstić information content (AvgIpc) is 3.92. The molecular weight excluding hydrogens is 839 g/mol. The highest BCUT2D eigenvalue weighted by Crippen LogP contribution is 2.35. The number of hydrogen-bond acceptors (Lipinski definition) is 15. The number of nitrogens with zero attached hydrogens (tertiary/aromatic N) is 6. The van der Waals surface area contributed by atoms with E-state index in [1.165, 1.54) is 18.3 Å². The van der Waals surface area contributed by atoms with Crippen molar-refractivity contribution in [3.8, 4) is 0 Å². The number of hydrogen-bond donors (Lipinski definition) is 5. The number of anilines is 4. The van der Waals surface area contributed by atoms with Gasteiger partial charge in [0.2, 0.25) is 23.7 Å². The van der Waals surface area contributed by atoms with Gasteiger partial charge in [-0.3, -0.25) is 33.4 Å². The minimum absolute atomic E-state index is 0.0479. The summed E-state index contributed by atoms with van der Waals surface area (Å²) in [6.45, 7) is 12.5. The maximum atomic E-state index is 13.6. The first-order valence-electron chi connectivity index (χ1n) is 22.7. The quantitative estimate of drug-likeness (QED) is 0.0891. The van der Waals surface area contributed by atoms with Crippen molar-refractivity contribution in [1.29, 1.82) is 0 Å². The Balaban J connectivity index is 0.742. The molecule has 2 unspecified atom stereocenters. The van der Waals surface area contributed by atoms with Crippen molar-refractivity contribution >= 4 is 63.3 Å². The number of rotatable bonds is 18. The van der Waals surface area contributed by atoms with Gasteiger partial charge in [0, 0.05) is 61.7 Å². The van der Waals surface area contributed by atoms with Gasteiger partial charge in [0.1, 0.15) is 11.6 Å². The predicted molar refractivity (Wildman–Crippen MR) is 248 cm³/mol. The second-order valence-corrected chi connectivity index (χ2v) is 18.3. The summed E-state index contributed by atoms with van der Waals surface area (Å²) in [6.07, 6.45) is 9.36. The molecule has 346 valence electrons. The number of thiazole rings is 1. The third-order valence-corrected chi connectivity index (χ3v) is 13.7. The van der Waals surface area contributed by atoms with Crippen LogP contribution < -0.4 is 37.0 Å². The molecule has 19 heteroatoms. The molecule has 2 atom stereocenters. The summed E-state index contributed by atoms with van der Waals surface area (Å²) in [4.78, 5) is 83.6. The van der Waals surface area contributed by atoms with E-state index >= 15 is 0 Å². The fraction of sp³-hybridized carbons (Fsp3) is 0.600. The number of nitrogens with one attached hydrogen (secondary N) is 5. The summed E-state index contributed by atoms with van der Waals surface area (Å²) in [7, 11) is 0. The first-order chi connectivity index (χ1) is 30.9. The first-order valence-corrected chi connectivity index (χ1v) is 23.5. The Bertz CT molecular complexity index is 2210. The fourth-order valence-electron chi connectivity index (χ4n) is 9.05. The Morgan fingerprint density at radius 3 is 2.34 bits per heavy atom. The van der Waals surface area contributed by atoms with Crippen LogP contribution in [0.4, 0.5) is 22.5 Å². The van der Waals surface area contributed by atoms with Gasteiger partial charge in [-0.05, 0) is 71.1 Å². The highest BCUT2D eigenvalue weighted by atomic mass is 32.1. The number of amides is 3. The van der Waals surface area contributed by atoms with Crippen LogP contribution in [-0.2, 0) is 30.4 Å². The lowest BCUT2D eigenvalue weighted by Gasteiger charge is -2.35. The first kappa shape index (κ1) is 46.7. The molecule has 0 spiro atoms. The Hall–Kier alpha value is -5.24. The number of guanidine groups is 1. The second kappa shape index (κ2) is 22.1. The van der Waals surface area contributed by atoms with Crippen molar-refractivity contribution in [3.63, 3.8) is 0 Å². The molecule has 2 saturated carbocycles. The van der Waals surface area contributed by atoms with Crippen molar-refractivity contribution in [2.75, 3.05) is 86.5 Å². The number of pyridine rings is 2. The highest BCUT2D eigenvalue weighted by Gasteiger charge is 2.33.